The normalized spacial score (nSPS) is 12.8. The number of anilines is 2. The van der Waals surface area contributed by atoms with Gasteiger partial charge in [-0.05, 0) is 37.6 Å². The quantitative estimate of drug-likeness (QED) is 0.689. The Morgan fingerprint density at radius 2 is 2.10 bits per heavy atom. The molecule has 0 fully saturated rings. The van der Waals surface area contributed by atoms with E-state index in [0.717, 1.165) is 5.56 Å². The summed E-state index contributed by atoms with van der Waals surface area (Å²) in [6, 6.07) is 5.20. The number of aliphatic hydroxyl groups excluding tert-OH is 1. The minimum Gasteiger partial charge on any atom is -0.398 e. The van der Waals surface area contributed by atoms with Crippen molar-refractivity contribution in [2.75, 3.05) is 31.2 Å². The van der Waals surface area contributed by atoms with Crippen LogP contribution in [-0.4, -0.2) is 42.2 Å². The first-order valence-corrected chi connectivity index (χ1v) is 6.85. The van der Waals surface area contributed by atoms with E-state index in [1.165, 1.54) is 0 Å². The molecule has 1 unspecified atom stereocenters. The van der Waals surface area contributed by atoms with Gasteiger partial charge in [0.15, 0.2) is 0 Å². The van der Waals surface area contributed by atoms with Crippen molar-refractivity contribution in [2.45, 2.75) is 26.8 Å². The second-order valence-corrected chi connectivity index (χ2v) is 5.45. The van der Waals surface area contributed by atoms with E-state index in [-0.39, 0.29) is 24.5 Å². The summed E-state index contributed by atoms with van der Waals surface area (Å²) in [4.78, 5) is 14.3. The fourth-order valence-electron chi connectivity index (χ4n) is 2.24. The van der Waals surface area contributed by atoms with Crippen LogP contribution in [0.4, 0.5) is 11.4 Å². The van der Waals surface area contributed by atoms with Gasteiger partial charge in [-0.1, -0.05) is 19.9 Å². The summed E-state index contributed by atoms with van der Waals surface area (Å²) in [5, 5.41) is 11.9. The van der Waals surface area contributed by atoms with Crippen LogP contribution in [0, 0.1) is 12.8 Å². The minimum absolute atomic E-state index is 0.0322. The zero-order chi connectivity index (χ0) is 15.3. The number of nitrogens with two attached hydrogens (primary N) is 1. The molecule has 5 heteroatoms. The van der Waals surface area contributed by atoms with Gasteiger partial charge in [-0.25, -0.2) is 0 Å². The number of nitrogen functional groups attached to an aromatic ring is 1. The molecule has 0 aliphatic heterocycles. The highest BCUT2D eigenvalue weighted by molar-refractivity contribution is 5.95. The third-order valence-corrected chi connectivity index (χ3v) is 3.37. The second kappa shape index (κ2) is 7.26. The Bertz CT molecular complexity index is 460. The summed E-state index contributed by atoms with van der Waals surface area (Å²) in [5.41, 5.74) is 8.19. The number of nitrogens with one attached hydrogen (secondary N) is 1. The molecule has 0 bridgehead atoms. The Morgan fingerprint density at radius 3 is 2.60 bits per heavy atom. The summed E-state index contributed by atoms with van der Waals surface area (Å²) in [6.07, 6.45) is 0. The van der Waals surface area contributed by atoms with Gasteiger partial charge in [0, 0.05) is 17.9 Å². The van der Waals surface area contributed by atoms with E-state index in [2.05, 4.69) is 5.32 Å². The van der Waals surface area contributed by atoms with Gasteiger partial charge >= 0.3 is 0 Å². The maximum atomic E-state index is 12.4. The third-order valence-electron chi connectivity index (χ3n) is 3.37. The van der Waals surface area contributed by atoms with E-state index in [9.17, 15) is 4.79 Å². The molecule has 0 spiro atoms. The van der Waals surface area contributed by atoms with Crippen molar-refractivity contribution < 1.29 is 9.90 Å². The predicted octanol–water partition coefficient (Wildman–Crippen LogP) is 1.46. The average molecular weight is 279 g/mol. The molecule has 0 heterocycles. The number of carbonyl (C=O) groups is 1. The zero-order valence-electron chi connectivity index (χ0n) is 12.7. The molecule has 5 nitrogen and oxygen atoms in total. The first-order valence-electron chi connectivity index (χ1n) is 6.85. The maximum Gasteiger partial charge on any atom is 0.241 e. The summed E-state index contributed by atoms with van der Waals surface area (Å²) in [5.74, 6) is 0.0635. The van der Waals surface area contributed by atoms with Crippen molar-refractivity contribution in [3.05, 3.63) is 23.8 Å². The van der Waals surface area contributed by atoms with Crippen molar-refractivity contribution in [3.8, 4) is 0 Å². The van der Waals surface area contributed by atoms with Crippen molar-refractivity contribution >= 4 is 17.3 Å². The molecule has 1 aromatic carbocycles. The Hall–Kier alpha value is -1.59. The molecular formula is C15H25N3O2. The molecule has 1 atom stereocenters. The molecule has 0 aromatic heterocycles. The number of nitrogens with zero attached hydrogens (tertiary/aromatic N) is 1. The lowest BCUT2D eigenvalue weighted by atomic mass is 10.0. The van der Waals surface area contributed by atoms with Crippen molar-refractivity contribution in [1.29, 1.82) is 0 Å². The Morgan fingerprint density at radius 1 is 1.45 bits per heavy atom. The van der Waals surface area contributed by atoms with Crippen molar-refractivity contribution in [2.24, 2.45) is 5.92 Å². The predicted molar refractivity (Wildman–Crippen MR) is 82.6 cm³/mol. The van der Waals surface area contributed by atoms with E-state index in [0.29, 0.717) is 17.9 Å². The molecule has 1 rings (SSSR count). The Kier molecular flexibility index (Phi) is 5.98. The lowest BCUT2D eigenvalue weighted by Gasteiger charge is -2.29. The standard InChI is InChI=1S/C15H25N3O2/c1-10(2)14(18(4)7-8-19)15(20)17-12-6-5-11(3)13(16)9-12/h5-6,9-10,14,19H,7-8,16H2,1-4H3,(H,17,20). The van der Waals surface area contributed by atoms with Crippen LogP contribution in [0.25, 0.3) is 0 Å². The molecule has 0 radical (unpaired) electrons. The molecular weight excluding hydrogens is 254 g/mol. The number of rotatable bonds is 6. The Labute approximate surface area is 120 Å². The number of hydrogen-bond acceptors (Lipinski definition) is 4. The number of aliphatic hydroxyl groups is 1. The van der Waals surface area contributed by atoms with Gasteiger partial charge in [-0.3, -0.25) is 9.69 Å². The van der Waals surface area contributed by atoms with Crippen molar-refractivity contribution in [1.82, 2.24) is 4.90 Å². The van der Waals surface area contributed by atoms with Crippen LogP contribution in [0.5, 0.6) is 0 Å². The molecule has 1 aromatic rings. The number of likely N-dealkylation sites (N-methyl/N-ethyl adjacent to an activating group) is 1. The van der Waals surface area contributed by atoms with Gasteiger partial charge in [0.25, 0.3) is 0 Å². The van der Waals surface area contributed by atoms with Gasteiger partial charge in [-0.2, -0.15) is 0 Å². The largest absolute Gasteiger partial charge is 0.398 e. The lowest BCUT2D eigenvalue weighted by molar-refractivity contribution is -0.122. The highest BCUT2D eigenvalue weighted by atomic mass is 16.3. The maximum absolute atomic E-state index is 12.4. The molecule has 1 amide bonds. The lowest BCUT2D eigenvalue weighted by Crippen LogP contribution is -2.46. The van der Waals surface area contributed by atoms with Gasteiger partial charge in [0.2, 0.25) is 5.91 Å². The summed E-state index contributed by atoms with van der Waals surface area (Å²) in [6.45, 7) is 6.40. The highest BCUT2D eigenvalue weighted by Crippen LogP contribution is 2.18. The summed E-state index contributed by atoms with van der Waals surface area (Å²) < 4.78 is 0. The first-order chi connectivity index (χ1) is 9.36. The monoisotopic (exact) mass is 279 g/mol. The van der Waals surface area contributed by atoms with Gasteiger partial charge in [0.05, 0.1) is 12.6 Å². The number of amides is 1. The summed E-state index contributed by atoms with van der Waals surface area (Å²) >= 11 is 0. The van der Waals surface area contributed by atoms with E-state index >= 15 is 0 Å². The van der Waals surface area contributed by atoms with Crippen LogP contribution in [0.3, 0.4) is 0 Å². The van der Waals surface area contributed by atoms with Gasteiger partial charge < -0.3 is 16.2 Å². The number of benzene rings is 1. The van der Waals surface area contributed by atoms with Crippen LogP contribution in [0.2, 0.25) is 0 Å². The minimum atomic E-state index is -0.287. The highest BCUT2D eigenvalue weighted by Gasteiger charge is 2.26. The van der Waals surface area contributed by atoms with E-state index in [1.807, 2.05) is 44.9 Å². The fourth-order valence-corrected chi connectivity index (χ4v) is 2.24. The average Bonchev–Trinajstić information content (AvgIpc) is 2.33. The molecule has 0 saturated carbocycles. The van der Waals surface area contributed by atoms with Crippen LogP contribution in [0.15, 0.2) is 18.2 Å². The van der Waals surface area contributed by atoms with Crippen LogP contribution in [0.1, 0.15) is 19.4 Å². The number of aryl methyl sites for hydroxylation is 1. The van der Waals surface area contributed by atoms with E-state index in [1.54, 1.807) is 6.07 Å². The van der Waals surface area contributed by atoms with Crippen LogP contribution >= 0.6 is 0 Å². The molecule has 20 heavy (non-hydrogen) atoms. The first kappa shape index (κ1) is 16.5. The van der Waals surface area contributed by atoms with Crippen LogP contribution < -0.4 is 11.1 Å². The number of hydrogen-bond donors (Lipinski definition) is 3. The SMILES string of the molecule is Cc1ccc(NC(=O)C(C(C)C)N(C)CCO)cc1N. The second-order valence-electron chi connectivity index (χ2n) is 5.45. The van der Waals surface area contributed by atoms with Gasteiger partial charge in [-0.15, -0.1) is 0 Å². The molecule has 0 saturated heterocycles. The van der Waals surface area contributed by atoms with E-state index in [4.69, 9.17) is 10.8 Å². The molecule has 112 valence electrons. The van der Waals surface area contributed by atoms with Gasteiger partial charge in [0.1, 0.15) is 0 Å². The smallest absolute Gasteiger partial charge is 0.241 e. The molecule has 0 aliphatic carbocycles. The van der Waals surface area contributed by atoms with E-state index < -0.39 is 0 Å². The van der Waals surface area contributed by atoms with Crippen molar-refractivity contribution in [3.63, 3.8) is 0 Å². The Balaban J connectivity index is 2.82. The molecule has 4 N–H and O–H groups in total. The summed E-state index contributed by atoms with van der Waals surface area (Å²) in [7, 11) is 1.84. The molecule has 0 aliphatic rings. The number of carbonyl (C=O) groups excluding carboxylic acids is 1. The third kappa shape index (κ3) is 4.21. The zero-order valence-corrected chi connectivity index (χ0v) is 12.7. The fraction of sp³-hybridized carbons (Fsp3) is 0.533. The van der Waals surface area contributed by atoms with Crippen LogP contribution in [-0.2, 0) is 4.79 Å². The topological polar surface area (TPSA) is 78.6 Å².